The number of fused-ring (bicyclic) bond motifs is 1. The summed E-state index contributed by atoms with van der Waals surface area (Å²) in [6.07, 6.45) is 4.15. The van der Waals surface area contributed by atoms with Crippen molar-refractivity contribution in [2.24, 2.45) is 5.41 Å². The number of benzene rings is 1. The zero-order valence-corrected chi connectivity index (χ0v) is 9.27. The van der Waals surface area contributed by atoms with E-state index in [1.807, 2.05) is 0 Å². The van der Waals surface area contributed by atoms with Gasteiger partial charge in [0, 0.05) is 18.5 Å². The fourth-order valence-electron chi connectivity index (χ4n) is 2.70. The van der Waals surface area contributed by atoms with Gasteiger partial charge in [-0.05, 0) is 31.4 Å². The molecule has 0 radical (unpaired) electrons. The average Bonchev–Trinajstić information content (AvgIpc) is 2.37. The van der Waals surface area contributed by atoms with Gasteiger partial charge >= 0.3 is 0 Å². The van der Waals surface area contributed by atoms with Crippen molar-refractivity contribution in [2.45, 2.75) is 26.2 Å². The topological polar surface area (TPSA) is 24.1 Å². The Balaban J connectivity index is 1.91. The van der Waals surface area contributed by atoms with Crippen LogP contribution in [-0.2, 0) is 0 Å². The van der Waals surface area contributed by atoms with Gasteiger partial charge < -0.3 is 10.6 Å². The molecule has 15 heavy (non-hydrogen) atoms. The van der Waals surface area contributed by atoms with E-state index in [-0.39, 0.29) is 0 Å². The lowest BCUT2D eigenvalue weighted by atomic mass is 9.69. The fraction of sp³-hybridized carbons (Fsp3) is 0.538. The van der Waals surface area contributed by atoms with E-state index in [1.165, 1.54) is 36.2 Å². The Morgan fingerprint density at radius 3 is 2.67 bits per heavy atom. The van der Waals surface area contributed by atoms with E-state index < -0.39 is 0 Å². The summed E-state index contributed by atoms with van der Waals surface area (Å²) in [5, 5.41) is 7.22. The molecule has 2 aliphatic rings. The van der Waals surface area contributed by atoms with E-state index in [2.05, 4.69) is 35.8 Å². The number of anilines is 2. The zero-order chi connectivity index (χ0) is 10.3. The molecule has 1 aliphatic carbocycles. The van der Waals surface area contributed by atoms with Gasteiger partial charge in [0.15, 0.2) is 0 Å². The van der Waals surface area contributed by atoms with Gasteiger partial charge in [-0.25, -0.2) is 0 Å². The van der Waals surface area contributed by atoms with Crippen LogP contribution in [0.1, 0.15) is 24.8 Å². The number of hydrogen-bond donors (Lipinski definition) is 2. The first-order chi connectivity index (χ1) is 7.29. The van der Waals surface area contributed by atoms with E-state index in [9.17, 15) is 0 Å². The van der Waals surface area contributed by atoms with Crippen molar-refractivity contribution >= 4 is 11.4 Å². The summed E-state index contributed by atoms with van der Waals surface area (Å²) >= 11 is 0. The maximum Gasteiger partial charge on any atom is 0.0605 e. The molecule has 0 saturated heterocycles. The molecule has 0 aromatic heterocycles. The van der Waals surface area contributed by atoms with Crippen LogP contribution in [0.3, 0.4) is 0 Å². The maximum atomic E-state index is 3.62. The third-order valence-electron chi connectivity index (χ3n) is 3.98. The first kappa shape index (κ1) is 9.08. The van der Waals surface area contributed by atoms with Gasteiger partial charge in [0.1, 0.15) is 0 Å². The number of aryl methyl sites for hydroxylation is 1. The predicted molar refractivity (Wildman–Crippen MR) is 64.4 cm³/mol. The molecule has 2 heteroatoms. The second kappa shape index (κ2) is 3.16. The standard InChI is InChI=1S/C13H18N2/c1-10-4-2-5-11-12(10)15-9-13(8-14-11)6-3-7-13/h2,4-5,14-15H,3,6-9H2,1H3. The van der Waals surface area contributed by atoms with Crippen molar-refractivity contribution < 1.29 is 0 Å². The second-order valence-corrected chi connectivity index (χ2v) is 5.06. The first-order valence-electron chi connectivity index (χ1n) is 5.87. The highest BCUT2D eigenvalue weighted by atomic mass is 15.0. The monoisotopic (exact) mass is 202 g/mol. The Labute approximate surface area is 91.1 Å². The van der Waals surface area contributed by atoms with Gasteiger partial charge in [-0.1, -0.05) is 18.6 Å². The normalized spacial score (nSPS) is 21.9. The molecule has 1 saturated carbocycles. The van der Waals surface area contributed by atoms with Gasteiger partial charge in [0.2, 0.25) is 0 Å². The van der Waals surface area contributed by atoms with Crippen LogP contribution in [0.5, 0.6) is 0 Å². The molecule has 1 aromatic rings. The molecule has 1 aliphatic heterocycles. The van der Waals surface area contributed by atoms with Crippen molar-refractivity contribution in [3.05, 3.63) is 23.8 Å². The highest BCUT2D eigenvalue weighted by Gasteiger charge is 2.38. The van der Waals surface area contributed by atoms with Crippen LogP contribution in [0.15, 0.2) is 18.2 Å². The zero-order valence-electron chi connectivity index (χ0n) is 9.27. The molecule has 1 aromatic carbocycles. The van der Waals surface area contributed by atoms with Crippen molar-refractivity contribution in [3.63, 3.8) is 0 Å². The van der Waals surface area contributed by atoms with E-state index in [4.69, 9.17) is 0 Å². The third kappa shape index (κ3) is 1.39. The Bertz CT molecular complexity index is 380. The van der Waals surface area contributed by atoms with Crippen LogP contribution in [0.2, 0.25) is 0 Å². The van der Waals surface area contributed by atoms with Crippen LogP contribution >= 0.6 is 0 Å². The van der Waals surface area contributed by atoms with Crippen LogP contribution in [0, 0.1) is 12.3 Å². The Morgan fingerprint density at radius 2 is 1.93 bits per heavy atom. The molecule has 0 atom stereocenters. The molecule has 0 amide bonds. The van der Waals surface area contributed by atoms with Gasteiger partial charge in [-0.2, -0.15) is 0 Å². The van der Waals surface area contributed by atoms with Crippen molar-refractivity contribution in [1.82, 2.24) is 0 Å². The summed E-state index contributed by atoms with van der Waals surface area (Å²) in [4.78, 5) is 0. The van der Waals surface area contributed by atoms with Crippen molar-refractivity contribution in [1.29, 1.82) is 0 Å². The van der Waals surface area contributed by atoms with E-state index in [0.717, 1.165) is 13.1 Å². The molecule has 3 rings (SSSR count). The minimum Gasteiger partial charge on any atom is -0.383 e. The second-order valence-electron chi connectivity index (χ2n) is 5.06. The largest absolute Gasteiger partial charge is 0.383 e. The van der Waals surface area contributed by atoms with Gasteiger partial charge in [-0.15, -0.1) is 0 Å². The molecule has 1 heterocycles. The molecule has 2 N–H and O–H groups in total. The SMILES string of the molecule is Cc1cccc2c1NCC1(CCC1)CN2. The number of nitrogens with one attached hydrogen (secondary N) is 2. The quantitative estimate of drug-likeness (QED) is 0.675. The van der Waals surface area contributed by atoms with Crippen LogP contribution in [0.4, 0.5) is 11.4 Å². The Kier molecular flexibility index (Phi) is 1.91. The van der Waals surface area contributed by atoms with Crippen LogP contribution in [0.25, 0.3) is 0 Å². The number of rotatable bonds is 0. The maximum absolute atomic E-state index is 3.62. The molecule has 2 nitrogen and oxygen atoms in total. The molecule has 80 valence electrons. The lowest BCUT2D eigenvalue weighted by Gasteiger charge is -2.41. The van der Waals surface area contributed by atoms with Crippen LogP contribution in [-0.4, -0.2) is 13.1 Å². The van der Waals surface area contributed by atoms with Crippen LogP contribution < -0.4 is 10.6 Å². The highest BCUT2D eigenvalue weighted by Crippen LogP contribution is 2.43. The molecular weight excluding hydrogens is 184 g/mol. The smallest absolute Gasteiger partial charge is 0.0605 e. The van der Waals surface area contributed by atoms with Gasteiger partial charge in [0.25, 0.3) is 0 Å². The molecule has 1 spiro atoms. The van der Waals surface area contributed by atoms with E-state index in [1.54, 1.807) is 0 Å². The molecule has 0 unspecified atom stereocenters. The summed E-state index contributed by atoms with van der Waals surface area (Å²) in [5.41, 5.74) is 4.46. The molecular formula is C13H18N2. The predicted octanol–water partition coefficient (Wildman–Crippen LogP) is 3.00. The van der Waals surface area contributed by atoms with Crippen molar-refractivity contribution in [2.75, 3.05) is 23.7 Å². The van der Waals surface area contributed by atoms with Crippen molar-refractivity contribution in [3.8, 4) is 0 Å². The summed E-state index contributed by atoms with van der Waals surface area (Å²) in [7, 11) is 0. The summed E-state index contributed by atoms with van der Waals surface area (Å²) in [6, 6.07) is 6.47. The van der Waals surface area contributed by atoms with E-state index >= 15 is 0 Å². The molecule has 1 fully saturated rings. The molecule has 0 bridgehead atoms. The number of para-hydroxylation sites is 1. The summed E-state index contributed by atoms with van der Waals surface area (Å²) < 4.78 is 0. The number of hydrogen-bond acceptors (Lipinski definition) is 2. The average molecular weight is 202 g/mol. The summed E-state index contributed by atoms with van der Waals surface area (Å²) in [5.74, 6) is 0. The van der Waals surface area contributed by atoms with Gasteiger partial charge in [-0.3, -0.25) is 0 Å². The fourth-order valence-corrected chi connectivity index (χ4v) is 2.70. The minimum absolute atomic E-state index is 0.533. The lowest BCUT2D eigenvalue weighted by molar-refractivity contribution is 0.171. The minimum atomic E-state index is 0.533. The highest BCUT2D eigenvalue weighted by molar-refractivity contribution is 5.73. The first-order valence-corrected chi connectivity index (χ1v) is 5.87. The Hall–Kier alpha value is -1.18. The Morgan fingerprint density at radius 1 is 1.13 bits per heavy atom. The lowest BCUT2D eigenvalue weighted by Crippen LogP contribution is -2.40. The van der Waals surface area contributed by atoms with Gasteiger partial charge in [0.05, 0.1) is 11.4 Å². The third-order valence-corrected chi connectivity index (χ3v) is 3.98. The van der Waals surface area contributed by atoms with E-state index in [0.29, 0.717) is 5.41 Å². The summed E-state index contributed by atoms with van der Waals surface area (Å²) in [6.45, 7) is 4.45.